The van der Waals surface area contributed by atoms with Crippen molar-refractivity contribution < 1.29 is 18.0 Å². The van der Waals surface area contributed by atoms with E-state index >= 15 is 0 Å². The van der Waals surface area contributed by atoms with Crippen molar-refractivity contribution in [3.8, 4) is 0 Å². The van der Waals surface area contributed by atoms with Gasteiger partial charge >= 0.3 is 6.18 Å². The van der Waals surface area contributed by atoms with Crippen LogP contribution in [0.4, 0.5) is 13.2 Å². The number of amides is 1. The highest BCUT2D eigenvalue weighted by Crippen LogP contribution is 2.35. The van der Waals surface area contributed by atoms with Gasteiger partial charge in [0.05, 0.1) is 11.1 Å². The average molecular weight is 382 g/mol. The van der Waals surface area contributed by atoms with Gasteiger partial charge < -0.3 is 5.32 Å². The maximum atomic E-state index is 13.2. The molecule has 0 unspecified atom stereocenters. The van der Waals surface area contributed by atoms with Crippen molar-refractivity contribution >= 4 is 17.5 Å². The predicted molar refractivity (Wildman–Crippen MR) is 95.4 cm³/mol. The van der Waals surface area contributed by atoms with Crippen molar-refractivity contribution in [2.24, 2.45) is 0 Å². The number of hydrogen-bond acceptors (Lipinski definition) is 1. The summed E-state index contributed by atoms with van der Waals surface area (Å²) in [5, 5.41) is 3.47. The fourth-order valence-corrected chi connectivity index (χ4v) is 3.71. The Hall–Kier alpha value is -2.01. The normalized spacial score (nSPS) is 20.6. The van der Waals surface area contributed by atoms with Crippen LogP contribution in [0, 0.1) is 0 Å². The molecule has 1 fully saturated rings. The minimum atomic E-state index is -4.56. The largest absolute Gasteiger partial charge is 0.417 e. The first-order valence-electron chi connectivity index (χ1n) is 8.59. The predicted octanol–water partition coefficient (Wildman–Crippen LogP) is 5.82. The number of halogens is 4. The summed E-state index contributed by atoms with van der Waals surface area (Å²) in [5.41, 5.74) is -0.194. The lowest BCUT2D eigenvalue weighted by molar-refractivity contribution is -0.137. The van der Waals surface area contributed by atoms with Crippen molar-refractivity contribution in [3.63, 3.8) is 0 Å². The Kier molecular flexibility index (Phi) is 5.56. The monoisotopic (exact) mass is 381 g/mol. The number of alkyl halides is 3. The minimum absolute atomic E-state index is 0.0722. The van der Waals surface area contributed by atoms with Gasteiger partial charge in [0.25, 0.3) is 5.91 Å². The van der Waals surface area contributed by atoms with E-state index in [0.717, 1.165) is 37.3 Å². The lowest BCUT2D eigenvalue weighted by atomic mass is 9.80. The third-order valence-corrected chi connectivity index (χ3v) is 5.11. The van der Waals surface area contributed by atoms with E-state index in [9.17, 15) is 18.0 Å². The molecular formula is C20H19ClF3NO. The van der Waals surface area contributed by atoms with Crippen LogP contribution < -0.4 is 5.32 Å². The molecule has 0 radical (unpaired) electrons. The zero-order chi connectivity index (χ0) is 18.7. The van der Waals surface area contributed by atoms with Crippen molar-refractivity contribution in [3.05, 3.63) is 70.2 Å². The number of carbonyl (C=O) groups is 1. The molecule has 1 amide bonds. The number of nitrogens with one attached hydrogen (secondary N) is 1. The second kappa shape index (κ2) is 7.70. The molecule has 2 nitrogen and oxygen atoms in total. The van der Waals surface area contributed by atoms with Gasteiger partial charge in [0.15, 0.2) is 0 Å². The van der Waals surface area contributed by atoms with Gasteiger partial charge in [-0.05, 0) is 42.7 Å². The molecule has 1 aliphatic carbocycles. The summed E-state index contributed by atoms with van der Waals surface area (Å²) in [6.45, 7) is 0. The lowest BCUT2D eigenvalue weighted by Crippen LogP contribution is -2.41. The van der Waals surface area contributed by atoms with E-state index in [0.29, 0.717) is 5.02 Å². The summed E-state index contributed by atoms with van der Waals surface area (Å²) < 4.78 is 39.5. The van der Waals surface area contributed by atoms with Gasteiger partial charge in [-0.15, -0.1) is 0 Å². The Morgan fingerprint density at radius 1 is 1.00 bits per heavy atom. The highest BCUT2D eigenvalue weighted by Gasteiger charge is 2.36. The first-order valence-corrected chi connectivity index (χ1v) is 8.96. The molecule has 0 aromatic heterocycles. The summed E-state index contributed by atoms with van der Waals surface area (Å²) in [6, 6.07) is 12.1. The second-order valence-corrected chi connectivity index (χ2v) is 7.00. The van der Waals surface area contributed by atoms with Crippen LogP contribution in [-0.4, -0.2) is 11.9 Å². The number of rotatable bonds is 3. The Balaban J connectivity index is 1.82. The van der Waals surface area contributed by atoms with Gasteiger partial charge in [0.1, 0.15) is 0 Å². The zero-order valence-corrected chi connectivity index (χ0v) is 14.8. The Labute approximate surface area is 155 Å². The van der Waals surface area contributed by atoms with Gasteiger partial charge in [-0.25, -0.2) is 0 Å². The standard InChI is InChI=1S/C20H19ClF3NO/c21-14-11-9-13(10-12-14)15-5-2-4-8-18(15)25-19(26)16-6-1-3-7-17(16)20(22,23)24/h1,3,6-7,9-12,15,18H,2,4-5,8H2,(H,25,26)/t15-,18+/m0/s1. The number of benzene rings is 2. The molecule has 0 bridgehead atoms. The first-order chi connectivity index (χ1) is 12.4. The molecule has 1 aliphatic rings. The highest BCUT2D eigenvalue weighted by atomic mass is 35.5. The quantitative estimate of drug-likeness (QED) is 0.713. The van der Waals surface area contributed by atoms with E-state index in [1.54, 1.807) is 12.1 Å². The van der Waals surface area contributed by atoms with Crippen LogP contribution in [0.15, 0.2) is 48.5 Å². The number of hydrogen-bond donors (Lipinski definition) is 1. The summed E-state index contributed by atoms with van der Waals surface area (Å²) in [7, 11) is 0. The lowest BCUT2D eigenvalue weighted by Gasteiger charge is -2.33. The molecule has 0 heterocycles. The molecule has 26 heavy (non-hydrogen) atoms. The molecule has 1 N–H and O–H groups in total. The molecule has 2 aromatic rings. The van der Waals surface area contributed by atoms with Crippen molar-refractivity contribution in [2.45, 2.75) is 43.8 Å². The van der Waals surface area contributed by atoms with E-state index in [1.165, 1.54) is 18.2 Å². The summed E-state index contributed by atoms with van der Waals surface area (Å²) in [5.74, 6) is -0.605. The SMILES string of the molecule is O=C(N[C@@H]1CCCC[C@H]1c1ccc(Cl)cc1)c1ccccc1C(F)(F)F. The Morgan fingerprint density at radius 2 is 1.65 bits per heavy atom. The third-order valence-electron chi connectivity index (χ3n) is 4.86. The van der Waals surface area contributed by atoms with Crippen molar-refractivity contribution in [1.29, 1.82) is 0 Å². The van der Waals surface area contributed by atoms with Gasteiger partial charge in [-0.1, -0.05) is 48.7 Å². The molecule has 6 heteroatoms. The second-order valence-electron chi connectivity index (χ2n) is 6.57. The molecular weight excluding hydrogens is 363 g/mol. The van der Waals surface area contributed by atoms with Crippen molar-refractivity contribution in [2.75, 3.05) is 0 Å². The Bertz CT molecular complexity index is 773. The van der Waals surface area contributed by atoms with Gasteiger partial charge in [0.2, 0.25) is 0 Å². The van der Waals surface area contributed by atoms with Crippen LogP contribution in [0.25, 0.3) is 0 Å². The summed E-state index contributed by atoms with van der Waals surface area (Å²) in [6.07, 6.45) is -0.967. The van der Waals surface area contributed by atoms with Crippen LogP contribution in [0.2, 0.25) is 5.02 Å². The van der Waals surface area contributed by atoms with E-state index in [1.807, 2.05) is 12.1 Å². The number of carbonyl (C=O) groups excluding carboxylic acids is 1. The minimum Gasteiger partial charge on any atom is -0.349 e. The van der Waals surface area contributed by atoms with E-state index < -0.39 is 17.6 Å². The Morgan fingerprint density at radius 3 is 2.35 bits per heavy atom. The third kappa shape index (κ3) is 4.21. The van der Waals surface area contributed by atoms with E-state index in [2.05, 4.69) is 5.32 Å². The smallest absolute Gasteiger partial charge is 0.349 e. The summed E-state index contributed by atoms with van der Waals surface area (Å²) in [4.78, 5) is 12.6. The van der Waals surface area contributed by atoms with Crippen molar-refractivity contribution in [1.82, 2.24) is 5.32 Å². The van der Waals surface area contributed by atoms with Crippen LogP contribution in [0.5, 0.6) is 0 Å². The fourth-order valence-electron chi connectivity index (χ4n) is 3.59. The molecule has 0 spiro atoms. The first kappa shape index (κ1) is 18.8. The highest BCUT2D eigenvalue weighted by molar-refractivity contribution is 6.30. The molecule has 0 saturated heterocycles. The average Bonchev–Trinajstić information content (AvgIpc) is 2.62. The molecule has 138 valence electrons. The van der Waals surface area contributed by atoms with E-state index in [-0.39, 0.29) is 17.5 Å². The molecule has 3 rings (SSSR count). The van der Waals surface area contributed by atoms with Crippen LogP contribution >= 0.6 is 11.6 Å². The van der Waals surface area contributed by atoms with Crippen LogP contribution in [0.3, 0.4) is 0 Å². The molecule has 1 saturated carbocycles. The van der Waals surface area contributed by atoms with Gasteiger partial charge in [-0.3, -0.25) is 4.79 Å². The van der Waals surface area contributed by atoms with Gasteiger partial charge in [0, 0.05) is 17.0 Å². The molecule has 0 aliphatic heterocycles. The topological polar surface area (TPSA) is 29.1 Å². The van der Waals surface area contributed by atoms with Crippen LogP contribution in [-0.2, 0) is 6.18 Å². The maximum absolute atomic E-state index is 13.2. The zero-order valence-electron chi connectivity index (χ0n) is 14.0. The van der Waals surface area contributed by atoms with Gasteiger partial charge in [-0.2, -0.15) is 13.2 Å². The fraction of sp³-hybridized carbons (Fsp3) is 0.350. The maximum Gasteiger partial charge on any atom is 0.417 e. The molecule has 2 atom stereocenters. The molecule has 2 aromatic carbocycles. The summed E-state index contributed by atoms with van der Waals surface area (Å²) >= 11 is 5.94. The van der Waals surface area contributed by atoms with Crippen LogP contribution in [0.1, 0.15) is 53.1 Å². The van der Waals surface area contributed by atoms with E-state index in [4.69, 9.17) is 11.6 Å².